The lowest BCUT2D eigenvalue weighted by molar-refractivity contribution is -0.123. The molecule has 0 spiro atoms. The van der Waals surface area contributed by atoms with Crippen molar-refractivity contribution in [1.82, 2.24) is 16.0 Å². The number of hydrogen-bond donors (Lipinski definition) is 3. The number of carbonyl (C=O) groups is 2. The van der Waals surface area contributed by atoms with E-state index in [0.29, 0.717) is 30.7 Å². The molecule has 2 aliphatic rings. The third-order valence-corrected chi connectivity index (χ3v) is 5.21. The third kappa shape index (κ3) is 7.59. The Labute approximate surface area is 161 Å². The van der Waals surface area contributed by atoms with Crippen molar-refractivity contribution >= 4 is 11.8 Å². The van der Waals surface area contributed by atoms with Crippen molar-refractivity contribution < 1.29 is 14.3 Å². The van der Waals surface area contributed by atoms with Crippen LogP contribution < -0.4 is 20.7 Å². The summed E-state index contributed by atoms with van der Waals surface area (Å²) in [6, 6.07) is 8.07. The van der Waals surface area contributed by atoms with E-state index in [0.717, 1.165) is 44.3 Å². The Balaban J connectivity index is 1.27. The van der Waals surface area contributed by atoms with E-state index in [1.807, 2.05) is 24.3 Å². The van der Waals surface area contributed by atoms with Gasteiger partial charge in [0, 0.05) is 19.0 Å². The first-order chi connectivity index (χ1) is 13.2. The van der Waals surface area contributed by atoms with E-state index in [4.69, 9.17) is 4.74 Å². The summed E-state index contributed by atoms with van der Waals surface area (Å²) in [5, 5.41) is 9.26. The Morgan fingerprint density at radius 1 is 1.04 bits per heavy atom. The van der Waals surface area contributed by atoms with Crippen LogP contribution in [-0.4, -0.2) is 44.1 Å². The fraction of sp³-hybridized carbons (Fsp3) is 0.619. The lowest BCUT2D eigenvalue weighted by Gasteiger charge is -2.22. The molecule has 1 aliphatic carbocycles. The van der Waals surface area contributed by atoms with Gasteiger partial charge in [-0.2, -0.15) is 0 Å². The first-order valence-corrected chi connectivity index (χ1v) is 10.2. The summed E-state index contributed by atoms with van der Waals surface area (Å²) < 4.78 is 5.50. The second-order valence-corrected chi connectivity index (χ2v) is 7.61. The van der Waals surface area contributed by atoms with Crippen molar-refractivity contribution in [2.75, 3.05) is 26.2 Å². The standard InChI is InChI=1S/C21H31N3O3/c25-20(8-3-17-9-12-22-13-10-17)23-14-11-16-1-6-19(7-2-16)27-15-21(26)24-18-4-5-18/h1-2,6-7,17-18,22H,3-5,8-15H2,(H,23,25)(H,24,26). The van der Waals surface area contributed by atoms with Gasteiger partial charge in [0.05, 0.1) is 0 Å². The van der Waals surface area contributed by atoms with Gasteiger partial charge in [-0.3, -0.25) is 9.59 Å². The predicted octanol–water partition coefficient (Wildman–Crippen LogP) is 1.78. The van der Waals surface area contributed by atoms with Gasteiger partial charge in [0.1, 0.15) is 5.75 Å². The molecule has 1 aromatic carbocycles. The Morgan fingerprint density at radius 2 is 1.78 bits per heavy atom. The maximum Gasteiger partial charge on any atom is 0.258 e. The fourth-order valence-corrected chi connectivity index (χ4v) is 3.34. The van der Waals surface area contributed by atoms with E-state index < -0.39 is 0 Å². The molecule has 0 atom stereocenters. The summed E-state index contributed by atoms with van der Waals surface area (Å²) in [6.07, 6.45) is 6.94. The molecule has 0 bridgehead atoms. The molecule has 0 unspecified atom stereocenters. The zero-order valence-electron chi connectivity index (χ0n) is 16.0. The average Bonchev–Trinajstić information content (AvgIpc) is 3.50. The van der Waals surface area contributed by atoms with E-state index >= 15 is 0 Å². The van der Waals surface area contributed by atoms with Crippen molar-refractivity contribution in [3.05, 3.63) is 29.8 Å². The highest BCUT2D eigenvalue weighted by molar-refractivity contribution is 5.78. The molecule has 1 saturated heterocycles. The van der Waals surface area contributed by atoms with Crippen LogP contribution in [0.2, 0.25) is 0 Å². The second kappa shape index (κ2) is 10.3. The molecule has 1 aromatic rings. The number of hydrogen-bond acceptors (Lipinski definition) is 4. The van der Waals surface area contributed by atoms with Crippen LogP contribution in [0, 0.1) is 5.92 Å². The summed E-state index contributed by atoms with van der Waals surface area (Å²) in [6.45, 7) is 2.87. The van der Waals surface area contributed by atoms with Crippen LogP contribution in [0.4, 0.5) is 0 Å². The Kier molecular flexibility index (Phi) is 7.51. The highest BCUT2D eigenvalue weighted by atomic mass is 16.5. The van der Waals surface area contributed by atoms with Gasteiger partial charge in [0.2, 0.25) is 5.91 Å². The Morgan fingerprint density at radius 3 is 2.48 bits per heavy atom. The predicted molar refractivity (Wildman–Crippen MR) is 105 cm³/mol. The zero-order chi connectivity index (χ0) is 18.9. The molecule has 1 saturated carbocycles. The van der Waals surface area contributed by atoms with Gasteiger partial charge >= 0.3 is 0 Å². The third-order valence-electron chi connectivity index (χ3n) is 5.21. The number of piperidine rings is 1. The number of carbonyl (C=O) groups excluding carboxylic acids is 2. The minimum Gasteiger partial charge on any atom is -0.484 e. The van der Waals surface area contributed by atoms with E-state index in [-0.39, 0.29) is 18.4 Å². The molecule has 27 heavy (non-hydrogen) atoms. The normalized spacial score (nSPS) is 17.3. The molecular weight excluding hydrogens is 342 g/mol. The van der Waals surface area contributed by atoms with E-state index in [2.05, 4.69) is 16.0 Å². The fourth-order valence-electron chi connectivity index (χ4n) is 3.34. The van der Waals surface area contributed by atoms with Crippen LogP contribution in [0.1, 0.15) is 44.1 Å². The van der Waals surface area contributed by atoms with Gasteiger partial charge < -0.3 is 20.7 Å². The molecule has 148 valence electrons. The number of nitrogens with one attached hydrogen (secondary N) is 3. The SMILES string of the molecule is O=C(CCC1CCNCC1)NCCc1ccc(OCC(=O)NC2CC2)cc1. The molecule has 6 nitrogen and oxygen atoms in total. The van der Waals surface area contributed by atoms with Crippen molar-refractivity contribution in [2.24, 2.45) is 5.92 Å². The number of benzene rings is 1. The maximum atomic E-state index is 12.0. The molecule has 1 aliphatic heterocycles. The van der Waals surface area contributed by atoms with Crippen LogP contribution in [0.15, 0.2) is 24.3 Å². The molecule has 0 radical (unpaired) electrons. The van der Waals surface area contributed by atoms with Gasteiger partial charge in [-0.25, -0.2) is 0 Å². The first kappa shape index (κ1) is 19.7. The quantitative estimate of drug-likeness (QED) is 0.584. The molecule has 2 amide bonds. The molecule has 3 rings (SSSR count). The van der Waals surface area contributed by atoms with Crippen molar-refractivity contribution in [2.45, 2.75) is 51.0 Å². The summed E-state index contributed by atoms with van der Waals surface area (Å²) >= 11 is 0. The van der Waals surface area contributed by atoms with Crippen LogP contribution in [0.5, 0.6) is 5.75 Å². The minimum atomic E-state index is -0.0613. The molecular formula is C21H31N3O3. The topological polar surface area (TPSA) is 79.5 Å². The zero-order valence-corrected chi connectivity index (χ0v) is 16.0. The van der Waals surface area contributed by atoms with E-state index in [1.165, 1.54) is 12.8 Å². The summed E-state index contributed by atoms with van der Waals surface area (Å²) in [7, 11) is 0. The monoisotopic (exact) mass is 373 g/mol. The number of ether oxygens (including phenoxy) is 1. The molecule has 0 aromatic heterocycles. The Bertz CT molecular complexity index is 608. The lowest BCUT2D eigenvalue weighted by atomic mass is 9.93. The molecule has 3 N–H and O–H groups in total. The number of rotatable bonds is 10. The lowest BCUT2D eigenvalue weighted by Crippen LogP contribution is -2.30. The summed E-state index contributed by atoms with van der Waals surface area (Å²) in [5.41, 5.74) is 1.14. The summed E-state index contributed by atoms with van der Waals surface area (Å²) in [4.78, 5) is 23.6. The van der Waals surface area contributed by atoms with E-state index in [9.17, 15) is 9.59 Å². The van der Waals surface area contributed by atoms with E-state index in [1.54, 1.807) is 0 Å². The van der Waals surface area contributed by atoms with Crippen molar-refractivity contribution in [3.63, 3.8) is 0 Å². The van der Waals surface area contributed by atoms with Gasteiger partial charge in [0.15, 0.2) is 6.61 Å². The number of amides is 2. The second-order valence-electron chi connectivity index (χ2n) is 7.61. The maximum absolute atomic E-state index is 12.0. The van der Waals surface area contributed by atoms with Crippen LogP contribution in [0.3, 0.4) is 0 Å². The van der Waals surface area contributed by atoms with Gasteiger partial charge in [-0.05, 0) is 75.2 Å². The summed E-state index contributed by atoms with van der Waals surface area (Å²) in [5.74, 6) is 1.47. The smallest absolute Gasteiger partial charge is 0.258 e. The minimum absolute atomic E-state index is 0.0585. The van der Waals surface area contributed by atoms with Gasteiger partial charge in [-0.15, -0.1) is 0 Å². The molecule has 6 heteroatoms. The first-order valence-electron chi connectivity index (χ1n) is 10.2. The van der Waals surface area contributed by atoms with Crippen molar-refractivity contribution in [1.29, 1.82) is 0 Å². The van der Waals surface area contributed by atoms with Gasteiger partial charge in [-0.1, -0.05) is 12.1 Å². The van der Waals surface area contributed by atoms with Gasteiger partial charge in [0.25, 0.3) is 5.91 Å². The highest BCUT2D eigenvalue weighted by Crippen LogP contribution is 2.19. The van der Waals surface area contributed by atoms with Crippen LogP contribution >= 0.6 is 0 Å². The Hall–Kier alpha value is -2.08. The molecule has 2 fully saturated rings. The largest absolute Gasteiger partial charge is 0.484 e. The molecule has 1 heterocycles. The van der Waals surface area contributed by atoms with Crippen LogP contribution in [-0.2, 0) is 16.0 Å². The van der Waals surface area contributed by atoms with Crippen molar-refractivity contribution in [3.8, 4) is 5.75 Å². The highest BCUT2D eigenvalue weighted by Gasteiger charge is 2.23. The van der Waals surface area contributed by atoms with Crippen LogP contribution in [0.25, 0.3) is 0 Å². The average molecular weight is 373 g/mol.